The molecule has 0 spiro atoms. The lowest BCUT2D eigenvalue weighted by atomic mass is 10.2. The van der Waals surface area contributed by atoms with E-state index in [1.165, 1.54) is 0 Å². The van der Waals surface area contributed by atoms with Crippen LogP contribution in [0.2, 0.25) is 0 Å². The number of nitrogens with one attached hydrogen (secondary N) is 1. The molecule has 1 unspecified atom stereocenters. The van der Waals surface area contributed by atoms with Crippen molar-refractivity contribution in [1.82, 2.24) is 4.98 Å². The van der Waals surface area contributed by atoms with Gasteiger partial charge in [0, 0.05) is 11.6 Å². The van der Waals surface area contributed by atoms with Crippen molar-refractivity contribution in [2.24, 2.45) is 0 Å². The van der Waals surface area contributed by atoms with Gasteiger partial charge in [-0.1, -0.05) is 0 Å². The Kier molecular flexibility index (Phi) is 2.47. The molecule has 94 valence electrons. The fourth-order valence-electron chi connectivity index (χ4n) is 1.85. The number of rotatable bonds is 4. The third kappa shape index (κ3) is 2.03. The van der Waals surface area contributed by atoms with E-state index in [4.69, 9.17) is 9.52 Å². The van der Waals surface area contributed by atoms with Crippen molar-refractivity contribution >= 4 is 22.8 Å². The predicted molar refractivity (Wildman–Crippen MR) is 66.7 cm³/mol. The summed E-state index contributed by atoms with van der Waals surface area (Å²) in [7, 11) is 0. The van der Waals surface area contributed by atoms with Gasteiger partial charge in [-0.2, -0.15) is 0 Å². The van der Waals surface area contributed by atoms with E-state index in [2.05, 4.69) is 10.3 Å². The molecule has 1 atom stereocenters. The van der Waals surface area contributed by atoms with Crippen LogP contribution in [-0.4, -0.2) is 22.1 Å². The predicted octanol–water partition coefficient (Wildman–Crippen LogP) is 2.59. The van der Waals surface area contributed by atoms with E-state index in [-0.39, 0.29) is 0 Å². The number of benzene rings is 1. The van der Waals surface area contributed by atoms with Crippen LogP contribution in [0.4, 0.5) is 5.69 Å². The summed E-state index contributed by atoms with van der Waals surface area (Å²) in [4.78, 5) is 15.2. The lowest BCUT2D eigenvalue weighted by Crippen LogP contribution is -2.25. The van der Waals surface area contributed by atoms with E-state index in [9.17, 15) is 4.79 Å². The third-order valence-corrected chi connectivity index (χ3v) is 3.08. The Bertz CT molecular complexity index is 601. The molecule has 5 nitrogen and oxygen atoms in total. The third-order valence-electron chi connectivity index (χ3n) is 3.08. The van der Waals surface area contributed by atoms with Crippen molar-refractivity contribution in [2.75, 3.05) is 5.32 Å². The first-order valence-corrected chi connectivity index (χ1v) is 6.03. The number of nitrogens with zero attached hydrogens (tertiary/aromatic N) is 1. The average Bonchev–Trinajstić information content (AvgIpc) is 3.09. The number of anilines is 1. The maximum atomic E-state index is 10.8. The fourth-order valence-corrected chi connectivity index (χ4v) is 1.85. The Morgan fingerprint density at radius 2 is 2.33 bits per heavy atom. The molecule has 1 saturated carbocycles. The second kappa shape index (κ2) is 4.01. The topological polar surface area (TPSA) is 75.4 Å². The second-order valence-electron chi connectivity index (χ2n) is 4.71. The van der Waals surface area contributed by atoms with Crippen molar-refractivity contribution in [3.05, 3.63) is 24.1 Å². The number of hydrogen-bond donors (Lipinski definition) is 2. The quantitative estimate of drug-likeness (QED) is 0.867. The van der Waals surface area contributed by atoms with E-state index < -0.39 is 12.0 Å². The lowest BCUT2D eigenvalue weighted by molar-refractivity contribution is -0.137. The van der Waals surface area contributed by atoms with Gasteiger partial charge in [0.15, 0.2) is 11.5 Å². The minimum Gasteiger partial charge on any atom is -0.480 e. The summed E-state index contributed by atoms with van der Waals surface area (Å²) in [5.74, 6) is 0.397. The maximum Gasteiger partial charge on any atom is 0.325 e. The normalized spacial score (nSPS) is 16.7. The zero-order valence-electron chi connectivity index (χ0n) is 10.0. The number of oxazole rings is 1. The summed E-state index contributed by atoms with van der Waals surface area (Å²) in [6.45, 7) is 1.60. The van der Waals surface area contributed by atoms with E-state index in [0.717, 1.165) is 35.5 Å². The SMILES string of the molecule is CC(Nc1ccc2oc(C3CC3)nc2c1)C(=O)O. The first-order valence-electron chi connectivity index (χ1n) is 6.03. The zero-order chi connectivity index (χ0) is 12.7. The summed E-state index contributed by atoms with van der Waals surface area (Å²) in [5, 5.41) is 11.8. The molecule has 3 rings (SSSR count). The number of carbonyl (C=O) groups is 1. The standard InChI is InChI=1S/C13H14N2O3/c1-7(13(16)17)14-9-4-5-11-10(6-9)15-12(18-11)8-2-3-8/h4-8,14H,2-3H2,1H3,(H,16,17). The number of hydrogen-bond acceptors (Lipinski definition) is 4. The lowest BCUT2D eigenvalue weighted by Gasteiger charge is -2.09. The number of carboxylic acids is 1. The zero-order valence-corrected chi connectivity index (χ0v) is 10.0. The molecular weight excluding hydrogens is 232 g/mol. The molecule has 2 N–H and O–H groups in total. The van der Waals surface area contributed by atoms with E-state index in [0.29, 0.717) is 5.92 Å². The molecule has 5 heteroatoms. The molecule has 18 heavy (non-hydrogen) atoms. The van der Waals surface area contributed by atoms with Crippen LogP contribution in [0.15, 0.2) is 22.6 Å². The number of carboxylic acid groups (broad SMARTS) is 1. The minimum absolute atomic E-state index is 0.478. The number of aliphatic carboxylic acids is 1. The summed E-state index contributed by atoms with van der Waals surface area (Å²) in [5.41, 5.74) is 2.28. The minimum atomic E-state index is -0.881. The van der Waals surface area contributed by atoms with Crippen LogP contribution in [0.3, 0.4) is 0 Å². The first kappa shape index (κ1) is 11.1. The highest BCUT2D eigenvalue weighted by atomic mass is 16.4. The molecule has 0 aliphatic heterocycles. The maximum absolute atomic E-state index is 10.8. The Labute approximate surface area is 104 Å². The summed E-state index contributed by atoms with van der Waals surface area (Å²) >= 11 is 0. The van der Waals surface area contributed by atoms with Crippen LogP contribution >= 0.6 is 0 Å². The van der Waals surface area contributed by atoms with Gasteiger partial charge in [0.25, 0.3) is 0 Å². The highest BCUT2D eigenvalue weighted by molar-refractivity contribution is 5.81. The molecule has 0 saturated heterocycles. The van der Waals surface area contributed by atoms with Crippen molar-refractivity contribution < 1.29 is 14.3 Å². The Morgan fingerprint density at radius 3 is 3.00 bits per heavy atom. The molecular formula is C13H14N2O3. The molecule has 1 aromatic carbocycles. The smallest absolute Gasteiger partial charge is 0.325 e. The first-order chi connectivity index (χ1) is 8.63. The molecule has 0 radical (unpaired) electrons. The molecule has 1 heterocycles. The molecule has 1 aliphatic carbocycles. The van der Waals surface area contributed by atoms with Crippen LogP contribution in [0.5, 0.6) is 0 Å². The van der Waals surface area contributed by atoms with Crippen LogP contribution < -0.4 is 5.32 Å². The summed E-state index contributed by atoms with van der Waals surface area (Å²) < 4.78 is 5.64. The molecule has 1 fully saturated rings. The Morgan fingerprint density at radius 1 is 1.56 bits per heavy atom. The monoisotopic (exact) mass is 246 g/mol. The fraction of sp³-hybridized carbons (Fsp3) is 0.385. The van der Waals surface area contributed by atoms with Gasteiger partial charge < -0.3 is 14.8 Å². The van der Waals surface area contributed by atoms with Gasteiger partial charge in [-0.15, -0.1) is 0 Å². The molecule has 1 aliphatic rings. The Hall–Kier alpha value is -2.04. The van der Waals surface area contributed by atoms with Crippen LogP contribution in [-0.2, 0) is 4.79 Å². The van der Waals surface area contributed by atoms with Gasteiger partial charge in [-0.3, -0.25) is 4.79 Å². The van der Waals surface area contributed by atoms with Gasteiger partial charge in [-0.25, -0.2) is 4.98 Å². The number of aromatic nitrogens is 1. The van der Waals surface area contributed by atoms with Gasteiger partial charge in [-0.05, 0) is 38.0 Å². The van der Waals surface area contributed by atoms with Crippen molar-refractivity contribution in [1.29, 1.82) is 0 Å². The van der Waals surface area contributed by atoms with Gasteiger partial charge in [0.1, 0.15) is 11.6 Å². The van der Waals surface area contributed by atoms with Gasteiger partial charge >= 0.3 is 5.97 Å². The van der Waals surface area contributed by atoms with Crippen molar-refractivity contribution in [3.63, 3.8) is 0 Å². The van der Waals surface area contributed by atoms with E-state index in [1.54, 1.807) is 6.92 Å². The summed E-state index contributed by atoms with van der Waals surface area (Å²) in [6, 6.07) is 4.83. The Balaban J connectivity index is 1.87. The van der Waals surface area contributed by atoms with Gasteiger partial charge in [0.2, 0.25) is 0 Å². The highest BCUT2D eigenvalue weighted by Crippen LogP contribution is 2.40. The van der Waals surface area contributed by atoms with Gasteiger partial charge in [0.05, 0.1) is 0 Å². The van der Waals surface area contributed by atoms with Crippen molar-refractivity contribution in [2.45, 2.75) is 31.7 Å². The van der Waals surface area contributed by atoms with E-state index in [1.807, 2.05) is 18.2 Å². The average molecular weight is 246 g/mol. The molecule has 1 aromatic heterocycles. The largest absolute Gasteiger partial charge is 0.480 e. The highest BCUT2D eigenvalue weighted by Gasteiger charge is 2.28. The van der Waals surface area contributed by atoms with Crippen molar-refractivity contribution in [3.8, 4) is 0 Å². The molecule has 2 aromatic rings. The second-order valence-corrected chi connectivity index (χ2v) is 4.71. The van der Waals surface area contributed by atoms with Crippen LogP contribution in [0.25, 0.3) is 11.1 Å². The summed E-state index contributed by atoms with van der Waals surface area (Å²) in [6.07, 6.45) is 2.29. The van der Waals surface area contributed by atoms with Crippen LogP contribution in [0.1, 0.15) is 31.6 Å². The number of fused-ring (bicyclic) bond motifs is 1. The van der Waals surface area contributed by atoms with Crippen LogP contribution in [0, 0.1) is 0 Å². The molecule has 0 amide bonds. The van der Waals surface area contributed by atoms with E-state index >= 15 is 0 Å². The molecule has 0 bridgehead atoms.